The van der Waals surface area contributed by atoms with Crippen molar-refractivity contribution in [2.24, 2.45) is 5.41 Å². The molecule has 20 heavy (non-hydrogen) atoms. The van der Waals surface area contributed by atoms with E-state index in [1.165, 1.54) is 31.7 Å². The Morgan fingerprint density at radius 2 is 1.75 bits per heavy atom. The Morgan fingerprint density at radius 3 is 2.35 bits per heavy atom. The maximum Gasteiger partial charge on any atom is 0.162 e. The van der Waals surface area contributed by atoms with Crippen LogP contribution < -0.4 is 4.74 Å². The van der Waals surface area contributed by atoms with Gasteiger partial charge in [-0.25, -0.2) is 8.78 Å². The number of ether oxygens (including phenoxy) is 1. The van der Waals surface area contributed by atoms with E-state index in [0.29, 0.717) is 5.75 Å². The molecular weight excluding hydrogens is 282 g/mol. The zero-order chi connectivity index (χ0) is 14.2. The fourth-order valence-corrected chi connectivity index (χ4v) is 4.12. The van der Waals surface area contributed by atoms with Gasteiger partial charge in [-0.2, -0.15) is 0 Å². The van der Waals surface area contributed by atoms with Gasteiger partial charge in [-0.1, -0.05) is 25.7 Å². The van der Waals surface area contributed by atoms with Crippen LogP contribution >= 0.6 is 11.6 Å². The molecule has 110 valence electrons. The van der Waals surface area contributed by atoms with E-state index in [1.807, 2.05) is 0 Å². The summed E-state index contributed by atoms with van der Waals surface area (Å²) < 4.78 is 32.1. The molecule has 1 spiro atoms. The first-order chi connectivity index (χ1) is 9.62. The van der Waals surface area contributed by atoms with Crippen molar-refractivity contribution < 1.29 is 13.5 Å². The van der Waals surface area contributed by atoms with Crippen molar-refractivity contribution in [3.05, 3.63) is 29.8 Å². The molecule has 2 aliphatic rings. The summed E-state index contributed by atoms with van der Waals surface area (Å²) in [6, 6.07) is 3.73. The molecule has 2 fully saturated rings. The van der Waals surface area contributed by atoms with E-state index < -0.39 is 11.6 Å². The lowest BCUT2D eigenvalue weighted by atomic mass is 9.61. The lowest BCUT2D eigenvalue weighted by Crippen LogP contribution is -2.57. The minimum atomic E-state index is -0.862. The van der Waals surface area contributed by atoms with E-state index in [4.69, 9.17) is 16.3 Å². The molecule has 3 rings (SSSR count). The Morgan fingerprint density at radius 1 is 1.05 bits per heavy atom. The maximum absolute atomic E-state index is 13.2. The number of alkyl halides is 1. The summed E-state index contributed by atoms with van der Waals surface area (Å²) >= 11 is 6.46. The zero-order valence-corrected chi connectivity index (χ0v) is 12.1. The van der Waals surface area contributed by atoms with E-state index >= 15 is 0 Å². The number of rotatable bonds is 2. The molecule has 2 saturated carbocycles. The van der Waals surface area contributed by atoms with Crippen LogP contribution in [0.5, 0.6) is 5.75 Å². The van der Waals surface area contributed by atoms with E-state index in [-0.39, 0.29) is 16.9 Å². The maximum atomic E-state index is 13.2. The molecule has 2 aliphatic carbocycles. The van der Waals surface area contributed by atoms with Gasteiger partial charge in [-0.15, -0.1) is 11.6 Å². The third kappa shape index (κ3) is 2.41. The second kappa shape index (κ2) is 5.51. The third-order valence-corrected chi connectivity index (χ3v) is 5.50. The van der Waals surface area contributed by atoms with Crippen molar-refractivity contribution in [1.82, 2.24) is 0 Å². The summed E-state index contributed by atoms with van der Waals surface area (Å²) in [5.41, 5.74) is 0.0307. The van der Waals surface area contributed by atoms with E-state index in [1.54, 1.807) is 0 Å². The van der Waals surface area contributed by atoms with Gasteiger partial charge in [0, 0.05) is 23.3 Å². The van der Waals surface area contributed by atoms with Gasteiger partial charge in [-0.3, -0.25) is 0 Å². The van der Waals surface area contributed by atoms with Crippen molar-refractivity contribution >= 4 is 11.6 Å². The second-order valence-electron chi connectivity index (χ2n) is 6.03. The van der Waals surface area contributed by atoms with E-state index in [0.717, 1.165) is 31.4 Å². The molecule has 1 aromatic carbocycles. The smallest absolute Gasteiger partial charge is 0.162 e. The molecule has 0 saturated heterocycles. The summed E-state index contributed by atoms with van der Waals surface area (Å²) in [5.74, 6) is -1.30. The summed E-state index contributed by atoms with van der Waals surface area (Å²) in [4.78, 5) is 0. The minimum Gasteiger partial charge on any atom is -0.490 e. The first kappa shape index (κ1) is 14.1. The van der Waals surface area contributed by atoms with Crippen LogP contribution in [0.1, 0.15) is 44.9 Å². The van der Waals surface area contributed by atoms with Crippen molar-refractivity contribution in [2.45, 2.75) is 56.4 Å². The highest BCUT2D eigenvalue weighted by molar-refractivity contribution is 6.21. The van der Waals surface area contributed by atoms with Crippen molar-refractivity contribution in [3.63, 3.8) is 0 Å². The molecule has 4 heteroatoms. The Hall–Kier alpha value is -0.830. The number of halogens is 3. The summed E-state index contributed by atoms with van der Waals surface area (Å²) in [6.07, 6.45) is 7.85. The fraction of sp³-hybridized carbons (Fsp3) is 0.625. The molecule has 0 aromatic heterocycles. The monoisotopic (exact) mass is 300 g/mol. The average Bonchev–Trinajstić information content (AvgIpc) is 2.70. The van der Waals surface area contributed by atoms with Gasteiger partial charge in [0.1, 0.15) is 11.9 Å². The minimum absolute atomic E-state index is 0.0307. The van der Waals surface area contributed by atoms with Crippen LogP contribution in [0, 0.1) is 17.0 Å². The standard InChI is InChI=1S/C16H19ClF2O/c17-14-10-15(16(14)7-3-1-2-4-8-16)20-11-5-6-12(18)13(19)9-11/h5-6,9,14-15H,1-4,7-8,10H2. The zero-order valence-electron chi connectivity index (χ0n) is 11.4. The molecule has 0 bridgehead atoms. The molecular formula is C16H19ClF2O. The molecule has 2 atom stereocenters. The Bertz CT molecular complexity index is 483. The van der Waals surface area contributed by atoms with Gasteiger partial charge in [0.15, 0.2) is 11.6 Å². The van der Waals surface area contributed by atoms with Crippen LogP contribution in [0.3, 0.4) is 0 Å². The summed E-state index contributed by atoms with van der Waals surface area (Å²) in [6.45, 7) is 0. The van der Waals surface area contributed by atoms with Crippen LogP contribution in [0.25, 0.3) is 0 Å². The van der Waals surface area contributed by atoms with Crippen LogP contribution in [0.4, 0.5) is 8.78 Å². The Balaban J connectivity index is 1.75. The highest BCUT2D eigenvalue weighted by Gasteiger charge is 2.55. The third-order valence-electron chi connectivity index (χ3n) is 4.89. The lowest BCUT2D eigenvalue weighted by Gasteiger charge is -2.53. The quantitative estimate of drug-likeness (QED) is 0.693. The Kier molecular flexibility index (Phi) is 3.89. The van der Waals surface area contributed by atoms with E-state index in [2.05, 4.69) is 0 Å². The SMILES string of the molecule is Fc1ccc(OC2CC(Cl)C23CCCCCC3)cc1F. The molecule has 1 aromatic rings. The highest BCUT2D eigenvalue weighted by atomic mass is 35.5. The predicted octanol–water partition coefficient (Wildman–Crippen LogP) is 5.06. The van der Waals surface area contributed by atoms with Gasteiger partial charge in [-0.05, 0) is 25.0 Å². The predicted molar refractivity (Wildman–Crippen MR) is 75.2 cm³/mol. The van der Waals surface area contributed by atoms with Gasteiger partial charge in [0.2, 0.25) is 0 Å². The summed E-state index contributed by atoms with van der Waals surface area (Å²) in [5, 5.41) is 0.149. The van der Waals surface area contributed by atoms with Gasteiger partial charge in [0.25, 0.3) is 0 Å². The summed E-state index contributed by atoms with van der Waals surface area (Å²) in [7, 11) is 0. The topological polar surface area (TPSA) is 9.23 Å². The molecule has 0 N–H and O–H groups in total. The number of benzene rings is 1. The first-order valence-corrected chi connectivity index (χ1v) is 7.81. The number of hydrogen-bond donors (Lipinski definition) is 0. The molecule has 0 heterocycles. The molecule has 0 amide bonds. The second-order valence-corrected chi connectivity index (χ2v) is 6.56. The van der Waals surface area contributed by atoms with Gasteiger partial charge >= 0.3 is 0 Å². The van der Waals surface area contributed by atoms with Crippen LogP contribution in [-0.2, 0) is 0 Å². The highest BCUT2D eigenvalue weighted by Crippen LogP contribution is 2.55. The molecule has 2 unspecified atom stereocenters. The largest absolute Gasteiger partial charge is 0.490 e. The average molecular weight is 301 g/mol. The molecule has 1 nitrogen and oxygen atoms in total. The van der Waals surface area contributed by atoms with Crippen LogP contribution in [0.2, 0.25) is 0 Å². The van der Waals surface area contributed by atoms with Crippen molar-refractivity contribution in [1.29, 1.82) is 0 Å². The van der Waals surface area contributed by atoms with Crippen LogP contribution in [0.15, 0.2) is 18.2 Å². The fourth-order valence-electron chi connectivity index (χ4n) is 3.60. The number of hydrogen-bond acceptors (Lipinski definition) is 1. The lowest BCUT2D eigenvalue weighted by molar-refractivity contribution is -0.0514. The van der Waals surface area contributed by atoms with Gasteiger partial charge in [0.05, 0.1) is 0 Å². The Labute approximate surface area is 123 Å². The first-order valence-electron chi connectivity index (χ1n) is 7.37. The van der Waals surface area contributed by atoms with Crippen LogP contribution in [-0.4, -0.2) is 11.5 Å². The van der Waals surface area contributed by atoms with Gasteiger partial charge < -0.3 is 4.74 Å². The molecule has 0 aliphatic heterocycles. The van der Waals surface area contributed by atoms with Crippen molar-refractivity contribution in [3.8, 4) is 5.75 Å². The normalized spacial score (nSPS) is 28.8. The van der Waals surface area contributed by atoms with Crippen molar-refractivity contribution in [2.75, 3.05) is 0 Å². The van der Waals surface area contributed by atoms with E-state index in [9.17, 15) is 8.78 Å². The molecule has 0 radical (unpaired) electrons.